The van der Waals surface area contributed by atoms with E-state index < -0.39 is 0 Å². The normalized spacial score (nSPS) is 13.6. The molecule has 1 aromatic carbocycles. The van der Waals surface area contributed by atoms with Gasteiger partial charge in [0.15, 0.2) is 0 Å². The lowest BCUT2D eigenvalue weighted by Crippen LogP contribution is -2.20. The maximum atomic E-state index is 4.58. The molecule has 3 rings (SSSR count). The first-order chi connectivity index (χ1) is 9.38. The number of aromatic nitrogens is 1. The number of hydrogen-bond donors (Lipinski definition) is 1. The van der Waals surface area contributed by atoms with Crippen LogP contribution in [0.1, 0.15) is 23.6 Å². The molecule has 0 atom stereocenters. The van der Waals surface area contributed by atoms with Gasteiger partial charge in [0.1, 0.15) is 5.82 Å². The lowest BCUT2D eigenvalue weighted by molar-refractivity contribution is 0.716. The first-order valence-electron chi connectivity index (χ1n) is 6.85. The summed E-state index contributed by atoms with van der Waals surface area (Å²) in [5, 5.41) is 3.38. The highest BCUT2D eigenvalue weighted by atomic mass is 15.2. The Labute approximate surface area is 114 Å². The van der Waals surface area contributed by atoms with Crippen molar-refractivity contribution in [3.63, 3.8) is 0 Å². The second-order valence-electron chi connectivity index (χ2n) is 4.89. The number of hydrogen-bond acceptors (Lipinski definition) is 3. The number of nitrogens with zero attached hydrogens (tertiary/aromatic N) is 2. The van der Waals surface area contributed by atoms with Crippen LogP contribution >= 0.6 is 0 Å². The zero-order valence-corrected chi connectivity index (χ0v) is 11.3. The van der Waals surface area contributed by atoms with E-state index in [1.807, 2.05) is 12.3 Å². The van der Waals surface area contributed by atoms with E-state index in [0.717, 1.165) is 32.0 Å². The molecule has 1 aliphatic heterocycles. The van der Waals surface area contributed by atoms with E-state index in [1.54, 1.807) is 0 Å². The summed E-state index contributed by atoms with van der Waals surface area (Å²) in [5.41, 5.74) is 4.11. The molecule has 0 radical (unpaired) electrons. The molecule has 0 amide bonds. The third-order valence-electron chi connectivity index (χ3n) is 3.57. The summed E-state index contributed by atoms with van der Waals surface area (Å²) in [6, 6.07) is 12.8. The predicted molar refractivity (Wildman–Crippen MR) is 77.9 cm³/mol. The summed E-state index contributed by atoms with van der Waals surface area (Å²) < 4.78 is 0. The van der Waals surface area contributed by atoms with Crippen molar-refractivity contribution in [2.75, 3.05) is 11.4 Å². The van der Waals surface area contributed by atoms with Gasteiger partial charge < -0.3 is 10.2 Å². The average molecular weight is 253 g/mol. The molecule has 0 spiro atoms. The molecular formula is C16H19N3. The van der Waals surface area contributed by atoms with E-state index in [0.29, 0.717) is 0 Å². The Kier molecular flexibility index (Phi) is 3.47. The van der Waals surface area contributed by atoms with E-state index >= 15 is 0 Å². The molecule has 0 fully saturated rings. The van der Waals surface area contributed by atoms with E-state index in [4.69, 9.17) is 0 Å². The van der Waals surface area contributed by atoms with Crippen LogP contribution in [0.15, 0.2) is 42.6 Å². The summed E-state index contributed by atoms with van der Waals surface area (Å²) in [6.07, 6.45) is 1.88. The van der Waals surface area contributed by atoms with Gasteiger partial charge in [-0.3, -0.25) is 0 Å². The van der Waals surface area contributed by atoms with Gasteiger partial charge in [-0.1, -0.05) is 37.3 Å². The summed E-state index contributed by atoms with van der Waals surface area (Å²) >= 11 is 0. The number of benzene rings is 1. The SMILES string of the molecule is CCNCc1cccnc1N1Cc2ccccc2C1. The monoisotopic (exact) mass is 253 g/mol. The fraction of sp³-hybridized carbons (Fsp3) is 0.312. The zero-order valence-electron chi connectivity index (χ0n) is 11.3. The molecule has 2 aromatic rings. The third-order valence-corrected chi connectivity index (χ3v) is 3.57. The van der Waals surface area contributed by atoms with Gasteiger partial charge in [0.25, 0.3) is 0 Å². The van der Waals surface area contributed by atoms with Crippen molar-refractivity contribution >= 4 is 5.82 Å². The molecule has 1 aliphatic rings. The number of fused-ring (bicyclic) bond motifs is 1. The molecule has 0 bridgehead atoms. The van der Waals surface area contributed by atoms with Crippen molar-refractivity contribution in [2.24, 2.45) is 0 Å². The van der Waals surface area contributed by atoms with E-state index in [9.17, 15) is 0 Å². The fourth-order valence-electron chi connectivity index (χ4n) is 2.60. The van der Waals surface area contributed by atoms with Crippen LogP contribution in [-0.4, -0.2) is 11.5 Å². The summed E-state index contributed by atoms with van der Waals surface area (Å²) in [6.45, 7) is 5.92. The van der Waals surface area contributed by atoms with Crippen molar-refractivity contribution in [3.8, 4) is 0 Å². The molecule has 0 aliphatic carbocycles. The molecule has 1 N–H and O–H groups in total. The molecule has 0 saturated heterocycles. The van der Waals surface area contributed by atoms with Crippen LogP contribution in [-0.2, 0) is 19.6 Å². The van der Waals surface area contributed by atoms with E-state index in [2.05, 4.69) is 52.5 Å². The highest BCUT2D eigenvalue weighted by Gasteiger charge is 2.21. The smallest absolute Gasteiger partial charge is 0.133 e. The first kappa shape index (κ1) is 12.2. The predicted octanol–water partition coefficient (Wildman–Crippen LogP) is 2.71. The van der Waals surface area contributed by atoms with Crippen molar-refractivity contribution in [2.45, 2.75) is 26.6 Å². The Morgan fingerprint density at radius 3 is 2.53 bits per heavy atom. The third kappa shape index (κ3) is 2.47. The molecule has 19 heavy (non-hydrogen) atoms. The second kappa shape index (κ2) is 5.41. The molecular weight excluding hydrogens is 234 g/mol. The van der Waals surface area contributed by atoms with Crippen molar-refractivity contribution in [1.82, 2.24) is 10.3 Å². The van der Waals surface area contributed by atoms with Crippen LogP contribution in [0.5, 0.6) is 0 Å². The van der Waals surface area contributed by atoms with Crippen LogP contribution in [0.2, 0.25) is 0 Å². The standard InChI is InChI=1S/C16H19N3/c1-2-17-10-13-8-5-9-18-16(13)19-11-14-6-3-4-7-15(14)12-19/h3-9,17H,2,10-12H2,1H3. The molecule has 3 nitrogen and oxygen atoms in total. The number of rotatable bonds is 4. The van der Waals surface area contributed by atoms with Gasteiger partial charge in [0.05, 0.1) is 0 Å². The van der Waals surface area contributed by atoms with Gasteiger partial charge in [-0.2, -0.15) is 0 Å². The van der Waals surface area contributed by atoms with Crippen LogP contribution in [0.3, 0.4) is 0 Å². The Morgan fingerprint density at radius 2 is 1.84 bits per heavy atom. The highest BCUT2D eigenvalue weighted by Crippen LogP contribution is 2.28. The molecule has 98 valence electrons. The minimum Gasteiger partial charge on any atom is -0.348 e. The maximum Gasteiger partial charge on any atom is 0.133 e. The van der Waals surface area contributed by atoms with Gasteiger partial charge >= 0.3 is 0 Å². The Balaban J connectivity index is 1.84. The maximum absolute atomic E-state index is 4.58. The Hall–Kier alpha value is -1.87. The van der Waals surface area contributed by atoms with Gasteiger partial charge in [-0.15, -0.1) is 0 Å². The van der Waals surface area contributed by atoms with Crippen molar-refractivity contribution in [1.29, 1.82) is 0 Å². The van der Waals surface area contributed by atoms with Crippen LogP contribution < -0.4 is 10.2 Å². The molecule has 0 saturated carbocycles. The quantitative estimate of drug-likeness (QED) is 0.908. The minimum absolute atomic E-state index is 0.881. The second-order valence-corrected chi connectivity index (χ2v) is 4.89. The van der Waals surface area contributed by atoms with Crippen molar-refractivity contribution in [3.05, 3.63) is 59.3 Å². The van der Waals surface area contributed by atoms with Crippen molar-refractivity contribution < 1.29 is 0 Å². The highest BCUT2D eigenvalue weighted by molar-refractivity contribution is 5.51. The molecule has 2 heterocycles. The van der Waals surface area contributed by atoms with Crippen LogP contribution in [0.4, 0.5) is 5.82 Å². The lowest BCUT2D eigenvalue weighted by Gasteiger charge is -2.20. The van der Waals surface area contributed by atoms with Crippen LogP contribution in [0, 0.1) is 0 Å². The molecule has 3 heteroatoms. The van der Waals surface area contributed by atoms with Gasteiger partial charge in [-0.25, -0.2) is 4.98 Å². The number of nitrogens with one attached hydrogen (secondary N) is 1. The Morgan fingerprint density at radius 1 is 1.11 bits per heavy atom. The Bertz CT molecular complexity index is 540. The van der Waals surface area contributed by atoms with Crippen LogP contribution in [0.25, 0.3) is 0 Å². The van der Waals surface area contributed by atoms with E-state index in [1.165, 1.54) is 16.7 Å². The van der Waals surface area contributed by atoms with Gasteiger partial charge in [-0.05, 0) is 23.7 Å². The topological polar surface area (TPSA) is 28.2 Å². The summed E-state index contributed by atoms with van der Waals surface area (Å²) in [7, 11) is 0. The number of anilines is 1. The van der Waals surface area contributed by atoms with Gasteiger partial charge in [0, 0.05) is 31.4 Å². The first-order valence-corrected chi connectivity index (χ1v) is 6.85. The average Bonchev–Trinajstić information content (AvgIpc) is 2.89. The fourth-order valence-corrected chi connectivity index (χ4v) is 2.60. The minimum atomic E-state index is 0.881. The summed E-state index contributed by atoms with van der Waals surface area (Å²) in [4.78, 5) is 6.94. The zero-order chi connectivity index (χ0) is 13.1. The number of pyridine rings is 1. The largest absolute Gasteiger partial charge is 0.348 e. The molecule has 0 unspecified atom stereocenters. The summed E-state index contributed by atoms with van der Waals surface area (Å²) in [5.74, 6) is 1.11. The molecule has 1 aromatic heterocycles. The van der Waals surface area contributed by atoms with Gasteiger partial charge in [0.2, 0.25) is 0 Å². The van der Waals surface area contributed by atoms with E-state index in [-0.39, 0.29) is 0 Å². The lowest BCUT2D eigenvalue weighted by atomic mass is 10.1.